The van der Waals surface area contributed by atoms with Gasteiger partial charge in [0.2, 0.25) is 0 Å². The van der Waals surface area contributed by atoms with Crippen LogP contribution in [0.4, 0.5) is 0 Å². The minimum Gasteiger partial charge on any atom is -0.299 e. The van der Waals surface area contributed by atoms with Crippen LogP contribution < -0.4 is 0 Å². The summed E-state index contributed by atoms with van der Waals surface area (Å²) in [5.74, 6) is 0.616. The van der Waals surface area contributed by atoms with Crippen molar-refractivity contribution in [2.45, 2.75) is 47.5 Å². The zero-order valence-electron chi connectivity index (χ0n) is 10.1. The summed E-state index contributed by atoms with van der Waals surface area (Å²) in [6.07, 6.45) is 1.49. The molecule has 0 spiro atoms. The van der Waals surface area contributed by atoms with Crippen molar-refractivity contribution in [3.63, 3.8) is 0 Å². The zero-order chi connectivity index (χ0) is 11.1. The SMILES string of the molecule is C=C(CC)CC(=O)C1C(C)(C)C1(C)C. The number of hydrogen-bond acceptors (Lipinski definition) is 1. The van der Waals surface area contributed by atoms with Crippen LogP contribution in [0.15, 0.2) is 12.2 Å². The van der Waals surface area contributed by atoms with E-state index in [1.165, 1.54) is 0 Å². The molecule has 0 unspecified atom stereocenters. The molecule has 0 N–H and O–H groups in total. The molecule has 0 amide bonds. The van der Waals surface area contributed by atoms with Crippen LogP contribution in [0.25, 0.3) is 0 Å². The average Bonchev–Trinajstić information content (AvgIpc) is 2.42. The molecule has 0 aromatic heterocycles. The first-order valence-corrected chi connectivity index (χ1v) is 5.44. The van der Waals surface area contributed by atoms with Gasteiger partial charge in [0.1, 0.15) is 5.78 Å². The Morgan fingerprint density at radius 1 is 1.21 bits per heavy atom. The standard InChI is InChI=1S/C13H22O/c1-7-9(2)8-10(14)11-12(3,4)13(11,5)6/h11H,2,7-8H2,1,3-6H3. The number of allylic oxidation sites excluding steroid dienone is 1. The maximum Gasteiger partial charge on any atom is 0.141 e. The highest BCUT2D eigenvalue weighted by atomic mass is 16.1. The summed E-state index contributed by atoms with van der Waals surface area (Å²) in [6, 6.07) is 0. The minimum atomic E-state index is 0.179. The van der Waals surface area contributed by atoms with E-state index in [-0.39, 0.29) is 16.7 Å². The van der Waals surface area contributed by atoms with Crippen molar-refractivity contribution >= 4 is 5.78 Å². The lowest BCUT2D eigenvalue weighted by Gasteiger charge is -2.03. The van der Waals surface area contributed by atoms with Crippen LogP contribution in [0.2, 0.25) is 0 Å². The van der Waals surface area contributed by atoms with Gasteiger partial charge in [-0.25, -0.2) is 0 Å². The van der Waals surface area contributed by atoms with E-state index in [1.807, 2.05) is 0 Å². The van der Waals surface area contributed by atoms with Crippen molar-refractivity contribution in [1.82, 2.24) is 0 Å². The van der Waals surface area contributed by atoms with E-state index in [4.69, 9.17) is 0 Å². The fourth-order valence-corrected chi connectivity index (χ4v) is 2.47. The number of carbonyl (C=O) groups excluding carboxylic acids is 1. The Morgan fingerprint density at radius 2 is 1.64 bits per heavy atom. The Bertz CT molecular complexity index is 257. The van der Waals surface area contributed by atoms with Crippen molar-refractivity contribution in [1.29, 1.82) is 0 Å². The third-order valence-corrected chi connectivity index (χ3v) is 4.27. The van der Waals surface area contributed by atoms with Crippen LogP contribution in [-0.2, 0) is 4.79 Å². The van der Waals surface area contributed by atoms with Crippen LogP contribution >= 0.6 is 0 Å². The molecule has 1 aliphatic rings. The number of hydrogen-bond donors (Lipinski definition) is 0. The molecule has 0 saturated heterocycles. The Hall–Kier alpha value is -0.590. The van der Waals surface area contributed by atoms with Crippen LogP contribution in [-0.4, -0.2) is 5.78 Å². The van der Waals surface area contributed by atoms with Gasteiger partial charge < -0.3 is 0 Å². The average molecular weight is 194 g/mol. The van der Waals surface area contributed by atoms with E-state index >= 15 is 0 Å². The molecule has 0 aromatic carbocycles. The molecule has 0 aliphatic heterocycles. The second-order valence-electron chi connectivity index (χ2n) is 5.62. The van der Waals surface area contributed by atoms with Crippen LogP contribution in [0.5, 0.6) is 0 Å². The Kier molecular flexibility index (Phi) is 2.64. The molecule has 0 bridgehead atoms. The van der Waals surface area contributed by atoms with Crippen molar-refractivity contribution in [2.24, 2.45) is 16.7 Å². The summed E-state index contributed by atoms with van der Waals surface area (Å²) in [4.78, 5) is 11.9. The van der Waals surface area contributed by atoms with E-state index in [0.29, 0.717) is 12.2 Å². The lowest BCUT2D eigenvalue weighted by Crippen LogP contribution is -2.07. The predicted molar refractivity (Wildman–Crippen MR) is 60.1 cm³/mol. The number of ketones is 1. The predicted octanol–water partition coefficient (Wildman–Crippen LogP) is 3.59. The van der Waals surface area contributed by atoms with Gasteiger partial charge in [-0.1, -0.05) is 46.8 Å². The van der Waals surface area contributed by atoms with Gasteiger partial charge in [0.25, 0.3) is 0 Å². The van der Waals surface area contributed by atoms with Gasteiger partial charge in [-0.15, -0.1) is 0 Å². The third-order valence-electron chi connectivity index (χ3n) is 4.27. The summed E-state index contributed by atoms with van der Waals surface area (Å²) in [5.41, 5.74) is 1.42. The molecule has 14 heavy (non-hydrogen) atoms. The van der Waals surface area contributed by atoms with Crippen molar-refractivity contribution in [3.05, 3.63) is 12.2 Å². The molecular weight excluding hydrogens is 172 g/mol. The quantitative estimate of drug-likeness (QED) is 0.625. The van der Waals surface area contributed by atoms with Gasteiger partial charge in [0, 0.05) is 12.3 Å². The van der Waals surface area contributed by atoms with E-state index in [0.717, 1.165) is 12.0 Å². The Balaban J connectivity index is 2.62. The summed E-state index contributed by atoms with van der Waals surface area (Å²) in [6.45, 7) is 14.7. The molecule has 1 fully saturated rings. The zero-order valence-corrected chi connectivity index (χ0v) is 10.1. The monoisotopic (exact) mass is 194 g/mol. The minimum absolute atomic E-state index is 0.179. The lowest BCUT2D eigenvalue weighted by molar-refractivity contribution is -0.120. The molecule has 0 atom stereocenters. The summed E-state index contributed by atoms with van der Waals surface area (Å²) in [7, 11) is 0. The first-order chi connectivity index (χ1) is 6.25. The van der Waals surface area contributed by atoms with Crippen LogP contribution in [0.1, 0.15) is 47.5 Å². The maximum atomic E-state index is 11.9. The van der Waals surface area contributed by atoms with E-state index in [1.54, 1.807) is 0 Å². The fraction of sp³-hybridized carbons (Fsp3) is 0.769. The normalized spacial score (nSPS) is 23.2. The van der Waals surface area contributed by atoms with E-state index < -0.39 is 0 Å². The Labute approximate surface area is 87.6 Å². The molecule has 0 heterocycles. The lowest BCUT2D eigenvalue weighted by atomic mass is 10.0. The van der Waals surface area contributed by atoms with Crippen LogP contribution in [0, 0.1) is 16.7 Å². The topological polar surface area (TPSA) is 17.1 Å². The maximum absolute atomic E-state index is 11.9. The molecule has 1 aliphatic carbocycles. The fourth-order valence-electron chi connectivity index (χ4n) is 2.47. The molecule has 1 rings (SSSR count). The highest BCUT2D eigenvalue weighted by Gasteiger charge is 2.67. The first kappa shape index (κ1) is 11.5. The highest BCUT2D eigenvalue weighted by molar-refractivity contribution is 5.87. The molecule has 1 saturated carbocycles. The van der Waals surface area contributed by atoms with Gasteiger partial charge in [0.15, 0.2) is 0 Å². The first-order valence-electron chi connectivity index (χ1n) is 5.44. The van der Waals surface area contributed by atoms with Crippen molar-refractivity contribution < 1.29 is 4.79 Å². The van der Waals surface area contributed by atoms with Crippen molar-refractivity contribution in [3.8, 4) is 0 Å². The summed E-state index contributed by atoms with van der Waals surface area (Å²) in [5, 5.41) is 0. The summed E-state index contributed by atoms with van der Waals surface area (Å²) < 4.78 is 0. The second-order valence-corrected chi connectivity index (χ2v) is 5.62. The Morgan fingerprint density at radius 3 is 1.93 bits per heavy atom. The second kappa shape index (κ2) is 3.22. The van der Waals surface area contributed by atoms with Gasteiger partial charge in [-0.3, -0.25) is 4.79 Å². The number of rotatable bonds is 4. The van der Waals surface area contributed by atoms with Gasteiger partial charge in [0.05, 0.1) is 0 Å². The molecule has 80 valence electrons. The largest absolute Gasteiger partial charge is 0.299 e. The van der Waals surface area contributed by atoms with Gasteiger partial charge in [-0.05, 0) is 17.3 Å². The van der Waals surface area contributed by atoms with Gasteiger partial charge in [-0.2, -0.15) is 0 Å². The van der Waals surface area contributed by atoms with Gasteiger partial charge >= 0.3 is 0 Å². The highest BCUT2D eigenvalue weighted by Crippen LogP contribution is 2.68. The van der Waals surface area contributed by atoms with E-state index in [2.05, 4.69) is 41.2 Å². The third kappa shape index (κ3) is 1.53. The molecule has 1 nitrogen and oxygen atoms in total. The number of carbonyl (C=O) groups is 1. The molecular formula is C13H22O. The number of Topliss-reactive ketones (excluding diaryl/α,β-unsaturated/α-hetero) is 1. The molecule has 1 heteroatoms. The molecule has 0 aromatic rings. The van der Waals surface area contributed by atoms with Crippen LogP contribution in [0.3, 0.4) is 0 Å². The molecule has 0 radical (unpaired) electrons. The van der Waals surface area contributed by atoms with E-state index in [9.17, 15) is 4.79 Å². The smallest absolute Gasteiger partial charge is 0.141 e. The summed E-state index contributed by atoms with van der Waals surface area (Å²) >= 11 is 0. The van der Waals surface area contributed by atoms with Crippen molar-refractivity contribution in [2.75, 3.05) is 0 Å².